The number of carbonyl (C=O) groups excluding carboxylic acids is 3. The van der Waals surface area contributed by atoms with Crippen LogP contribution in [-0.2, 0) is 19.0 Å². The van der Waals surface area contributed by atoms with Crippen LogP contribution in [0.2, 0.25) is 0 Å². The van der Waals surface area contributed by atoms with Gasteiger partial charge in [0.15, 0.2) is 0 Å². The lowest BCUT2D eigenvalue weighted by atomic mass is 10.6. The van der Waals surface area contributed by atoms with Crippen molar-refractivity contribution in [2.75, 3.05) is 52.6 Å². The van der Waals surface area contributed by atoms with Crippen LogP contribution in [0.5, 0.6) is 0 Å². The van der Waals surface area contributed by atoms with E-state index in [-0.39, 0.29) is 26.4 Å². The summed E-state index contributed by atoms with van der Waals surface area (Å²) < 4.78 is 14.6. The van der Waals surface area contributed by atoms with Crippen LogP contribution in [0.15, 0.2) is 6.58 Å². The zero-order chi connectivity index (χ0) is 17.1. The lowest BCUT2D eigenvalue weighted by molar-refractivity contribution is 0.0458. The minimum absolute atomic E-state index is 0.121. The summed E-state index contributed by atoms with van der Waals surface area (Å²) in [6.45, 7) is 4.82. The van der Waals surface area contributed by atoms with Gasteiger partial charge in [-0.25, -0.2) is 14.4 Å². The lowest BCUT2D eigenvalue weighted by Crippen LogP contribution is -2.31. The number of hydrogen-bond acceptors (Lipinski definition) is 8. The van der Waals surface area contributed by atoms with Crippen molar-refractivity contribution in [2.24, 2.45) is 11.5 Å². The number of carbonyl (C=O) groups is 2. The first-order valence-corrected chi connectivity index (χ1v) is 6.55. The van der Waals surface area contributed by atoms with Gasteiger partial charge in [-0.15, -0.1) is 0 Å². The zero-order valence-electron chi connectivity index (χ0n) is 12.5. The quantitative estimate of drug-likeness (QED) is 0.276. The van der Waals surface area contributed by atoms with Crippen LogP contribution in [0.25, 0.3) is 0 Å². The van der Waals surface area contributed by atoms with E-state index in [4.69, 9.17) is 30.5 Å². The van der Waals surface area contributed by atoms with Gasteiger partial charge in [0, 0.05) is 26.2 Å². The summed E-state index contributed by atoms with van der Waals surface area (Å²) in [5.74, 6) is 1.25. The Bertz CT molecular complexity index is 297. The normalized spacial score (nSPS) is 8.82. The van der Waals surface area contributed by atoms with Crippen molar-refractivity contribution in [2.45, 2.75) is 0 Å². The molecular formula is C12H24N4O6. The third-order valence-electron chi connectivity index (χ3n) is 1.75. The Morgan fingerprint density at radius 3 is 1.59 bits per heavy atom. The average molecular weight is 320 g/mol. The van der Waals surface area contributed by atoms with Gasteiger partial charge in [0.05, 0.1) is 13.2 Å². The Kier molecular flexibility index (Phi) is 19.0. The van der Waals surface area contributed by atoms with E-state index in [2.05, 4.69) is 17.2 Å². The predicted molar refractivity (Wildman–Crippen MR) is 78.9 cm³/mol. The van der Waals surface area contributed by atoms with E-state index < -0.39 is 12.2 Å². The molecule has 0 unspecified atom stereocenters. The number of nitrogens with one attached hydrogen (secondary N) is 2. The van der Waals surface area contributed by atoms with Gasteiger partial charge in [-0.1, -0.05) is 0 Å². The molecule has 2 amide bonds. The maximum Gasteiger partial charge on any atom is 0.407 e. The van der Waals surface area contributed by atoms with E-state index in [0.29, 0.717) is 26.2 Å². The molecule has 0 saturated heterocycles. The van der Waals surface area contributed by atoms with Crippen LogP contribution >= 0.6 is 0 Å². The molecule has 0 aromatic carbocycles. The summed E-state index contributed by atoms with van der Waals surface area (Å²) in [5.41, 5.74) is 10.4. The second-order valence-electron chi connectivity index (χ2n) is 3.46. The average Bonchev–Trinajstić information content (AvgIpc) is 2.50. The maximum atomic E-state index is 10.9. The molecule has 0 spiro atoms. The van der Waals surface area contributed by atoms with Crippen LogP contribution < -0.4 is 22.1 Å². The third kappa shape index (κ3) is 20.2. The molecule has 0 fully saturated rings. The first kappa shape index (κ1) is 22.2. The zero-order valence-corrected chi connectivity index (χ0v) is 12.5. The molecule has 0 aromatic rings. The van der Waals surface area contributed by atoms with Gasteiger partial charge in [-0.05, 0) is 6.58 Å². The number of ether oxygens (including phenoxy) is 3. The highest BCUT2D eigenvalue weighted by atomic mass is 16.6. The van der Waals surface area contributed by atoms with E-state index in [1.54, 1.807) is 0 Å². The standard InChI is InChI=1S/C10H22N4O5.C2H2O/c11-1-3-13-9(15)18-7-5-17-6-8-19-10(16)14-4-2-12;1-2-3/h1-8,11-12H2,(H,13,15)(H,14,16);1H2. The van der Waals surface area contributed by atoms with Crippen LogP contribution in [0.3, 0.4) is 0 Å². The fraction of sp³-hybridized carbons (Fsp3) is 0.667. The summed E-state index contributed by atoms with van der Waals surface area (Å²) in [7, 11) is 0. The van der Waals surface area contributed by atoms with Gasteiger partial charge in [0.25, 0.3) is 0 Å². The van der Waals surface area contributed by atoms with Crippen molar-refractivity contribution in [3.8, 4) is 0 Å². The Balaban J connectivity index is 0. The number of rotatable bonds is 10. The van der Waals surface area contributed by atoms with Crippen LogP contribution in [-0.4, -0.2) is 70.7 Å². The largest absolute Gasteiger partial charge is 0.447 e. The van der Waals surface area contributed by atoms with Crippen molar-refractivity contribution in [3.63, 3.8) is 0 Å². The van der Waals surface area contributed by atoms with E-state index in [9.17, 15) is 9.59 Å². The van der Waals surface area contributed by atoms with E-state index in [0.717, 1.165) is 0 Å². The molecule has 0 saturated carbocycles. The van der Waals surface area contributed by atoms with Crippen LogP contribution in [0.4, 0.5) is 9.59 Å². The van der Waals surface area contributed by atoms with Gasteiger partial charge in [-0.2, -0.15) is 0 Å². The molecule has 0 heterocycles. The van der Waals surface area contributed by atoms with E-state index in [1.807, 2.05) is 0 Å². The fourth-order valence-corrected chi connectivity index (χ4v) is 0.939. The Morgan fingerprint density at radius 2 is 1.27 bits per heavy atom. The first-order valence-electron chi connectivity index (χ1n) is 6.55. The highest BCUT2D eigenvalue weighted by molar-refractivity contribution is 5.67. The third-order valence-corrected chi connectivity index (χ3v) is 1.75. The molecule has 0 radical (unpaired) electrons. The molecule has 0 aromatic heterocycles. The summed E-state index contributed by atoms with van der Waals surface area (Å²) in [6.07, 6.45) is -1.07. The van der Waals surface area contributed by atoms with Crippen molar-refractivity contribution in [1.82, 2.24) is 10.6 Å². The molecule has 10 heteroatoms. The lowest BCUT2D eigenvalue weighted by Gasteiger charge is -2.08. The van der Waals surface area contributed by atoms with Gasteiger partial charge in [0.1, 0.15) is 19.2 Å². The topological polar surface area (TPSA) is 155 Å². The number of nitrogens with two attached hydrogens (primary N) is 2. The van der Waals surface area contributed by atoms with Crippen molar-refractivity contribution >= 4 is 18.1 Å². The molecule has 22 heavy (non-hydrogen) atoms. The van der Waals surface area contributed by atoms with Crippen molar-refractivity contribution < 1.29 is 28.6 Å². The molecule has 128 valence electrons. The van der Waals surface area contributed by atoms with Crippen molar-refractivity contribution in [1.29, 1.82) is 0 Å². The fourth-order valence-electron chi connectivity index (χ4n) is 0.939. The molecule has 10 nitrogen and oxygen atoms in total. The van der Waals surface area contributed by atoms with Gasteiger partial charge in [-0.3, -0.25) is 0 Å². The SMILES string of the molecule is C=C=O.NCCNC(=O)OCCOCCOC(=O)NCCN. The van der Waals surface area contributed by atoms with Gasteiger partial charge in [0.2, 0.25) is 0 Å². The molecule has 0 bridgehead atoms. The molecule has 0 rings (SSSR count). The Hall–Kier alpha value is -2.13. The maximum absolute atomic E-state index is 10.9. The Morgan fingerprint density at radius 1 is 0.909 bits per heavy atom. The second-order valence-corrected chi connectivity index (χ2v) is 3.46. The summed E-state index contributed by atoms with van der Waals surface area (Å²) in [4.78, 5) is 30.5. The summed E-state index contributed by atoms with van der Waals surface area (Å²) in [5, 5.41) is 4.88. The van der Waals surface area contributed by atoms with Crippen LogP contribution in [0.1, 0.15) is 0 Å². The first-order chi connectivity index (χ1) is 10.6. The van der Waals surface area contributed by atoms with Gasteiger partial charge >= 0.3 is 12.2 Å². The molecule has 0 aliphatic rings. The minimum Gasteiger partial charge on any atom is -0.447 e. The predicted octanol–water partition coefficient (Wildman–Crippen LogP) is -1.62. The van der Waals surface area contributed by atoms with Crippen LogP contribution in [0, 0.1) is 0 Å². The molecule has 0 atom stereocenters. The highest BCUT2D eigenvalue weighted by Gasteiger charge is 2.01. The van der Waals surface area contributed by atoms with E-state index >= 15 is 0 Å². The molecular weight excluding hydrogens is 296 g/mol. The van der Waals surface area contributed by atoms with Gasteiger partial charge < -0.3 is 36.3 Å². The number of alkyl carbamates (subject to hydrolysis) is 2. The monoisotopic (exact) mass is 320 g/mol. The molecule has 6 N–H and O–H groups in total. The second kappa shape index (κ2) is 18.9. The molecule has 0 aliphatic heterocycles. The van der Waals surface area contributed by atoms with E-state index in [1.165, 1.54) is 5.94 Å². The Labute approximate surface area is 129 Å². The number of hydrogen-bond donors (Lipinski definition) is 4. The minimum atomic E-state index is -0.536. The smallest absolute Gasteiger partial charge is 0.407 e. The highest BCUT2D eigenvalue weighted by Crippen LogP contribution is 1.83. The summed E-state index contributed by atoms with van der Waals surface area (Å²) >= 11 is 0. The molecule has 0 aliphatic carbocycles. The van der Waals surface area contributed by atoms with Crippen molar-refractivity contribution in [3.05, 3.63) is 6.58 Å². The summed E-state index contributed by atoms with van der Waals surface area (Å²) in [6, 6.07) is 0. The number of amides is 2.